The van der Waals surface area contributed by atoms with Crippen LogP contribution in [0.2, 0.25) is 0 Å². The van der Waals surface area contributed by atoms with Gasteiger partial charge in [-0.15, -0.1) is 0 Å². The summed E-state index contributed by atoms with van der Waals surface area (Å²) in [5.41, 5.74) is 2.85. The fourth-order valence-electron chi connectivity index (χ4n) is 2.95. The van der Waals surface area contributed by atoms with E-state index in [2.05, 4.69) is 10.3 Å². The molecule has 1 fully saturated rings. The van der Waals surface area contributed by atoms with Crippen molar-refractivity contribution in [2.24, 2.45) is 5.92 Å². The van der Waals surface area contributed by atoms with Crippen LogP contribution in [-0.2, 0) is 9.59 Å². The Morgan fingerprint density at radius 1 is 1.40 bits per heavy atom. The summed E-state index contributed by atoms with van der Waals surface area (Å²) in [5.74, 6) is -1.94. The van der Waals surface area contributed by atoms with Crippen molar-refractivity contribution in [3.05, 3.63) is 23.3 Å². The number of fused-ring (bicyclic) bond motifs is 1. The minimum atomic E-state index is -4.47. The maximum atomic E-state index is 12.4. The van der Waals surface area contributed by atoms with Crippen LogP contribution in [0.3, 0.4) is 0 Å². The van der Waals surface area contributed by atoms with Crippen molar-refractivity contribution in [1.82, 2.24) is 9.88 Å². The van der Waals surface area contributed by atoms with Crippen LogP contribution in [0, 0.1) is 19.8 Å². The minimum Gasteiger partial charge on any atom is -0.333 e. The van der Waals surface area contributed by atoms with E-state index in [9.17, 15) is 22.8 Å². The summed E-state index contributed by atoms with van der Waals surface area (Å²) in [6.07, 6.45) is -4.69. The first-order valence-corrected chi connectivity index (χ1v) is 8.47. The van der Waals surface area contributed by atoms with Gasteiger partial charge in [0.25, 0.3) is 0 Å². The Kier molecular flexibility index (Phi) is 4.44. The number of benzene rings is 1. The Morgan fingerprint density at radius 3 is 2.80 bits per heavy atom. The van der Waals surface area contributed by atoms with Crippen LogP contribution in [0.15, 0.2) is 12.1 Å². The highest BCUT2D eigenvalue weighted by molar-refractivity contribution is 7.22. The monoisotopic (exact) mass is 371 g/mol. The highest BCUT2D eigenvalue weighted by atomic mass is 32.1. The summed E-state index contributed by atoms with van der Waals surface area (Å²) in [6, 6.07) is 3.94. The molecule has 2 heterocycles. The number of anilines is 1. The third-order valence-corrected chi connectivity index (χ3v) is 4.93. The highest BCUT2D eigenvalue weighted by Gasteiger charge is 2.40. The lowest BCUT2D eigenvalue weighted by atomic mass is 10.1. The molecule has 0 aliphatic carbocycles. The molecule has 1 N–H and O–H groups in total. The molecule has 1 aromatic carbocycles. The highest BCUT2D eigenvalue weighted by Crippen LogP contribution is 2.30. The topological polar surface area (TPSA) is 62.3 Å². The molecule has 0 spiro atoms. The number of hydrogen-bond acceptors (Lipinski definition) is 4. The number of halogens is 3. The smallest absolute Gasteiger partial charge is 0.333 e. The zero-order valence-electron chi connectivity index (χ0n) is 13.6. The molecule has 1 atom stereocenters. The van der Waals surface area contributed by atoms with E-state index in [0.29, 0.717) is 10.0 Å². The molecule has 1 aromatic heterocycles. The Labute approximate surface area is 145 Å². The molecule has 5 nitrogen and oxygen atoms in total. The molecule has 1 unspecified atom stereocenters. The summed E-state index contributed by atoms with van der Waals surface area (Å²) in [6.45, 7) is 2.33. The predicted molar refractivity (Wildman–Crippen MR) is 88.5 cm³/mol. The average Bonchev–Trinajstić information content (AvgIpc) is 3.01. The number of thiazole rings is 1. The fourth-order valence-corrected chi connectivity index (χ4v) is 3.99. The Hall–Kier alpha value is -2.16. The first-order valence-electron chi connectivity index (χ1n) is 7.65. The lowest BCUT2D eigenvalue weighted by Gasteiger charge is -2.18. The van der Waals surface area contributed by atoms with Gasteiger partial charge in [-0.3, -0.25) is 9.59 Å². The van der Waals surface area contributed by atoms with Crippen molar-refractivity contribution in [3.8, 4) is 0 Å². The van der Waals surface area contributed by atoms with E-state index in [4.69, 9.17) is 0 Å². The summed E-state index contributed by atoms with van der Waals surface area (Å²) >= 11 is 1.30. The van der Waals surface area contributed by atoms with Crippen molar-refractivity contribution in [2.45, 2.75) is 26.4 Å². The predicted octanol–water partition coefficient (Wildman–Crippen LogP) is 3.26. The van der Waals surface area contributed by atoms with Crippen molar-refractivity contribution in [1.29, 1.82) is 0 Å². The van der Waals surface area contributed by atoms with Crippen molar-refractivity contribution in [3.63, 3.8) is 0 Å². The SMILES string of the molecule is Cc1cc(C)c2nc(NC(=O)C3CC(=O)N(CC(F)(F)F)C3)sc2c1. The number of aromatic nitrogens is 1. The molecule has 0 radical (unpaired) electrons. The molecule has 1 aliphatic rings. The second-order valence-corrected chi connectivity index (χ2v) is 7.26. The number of likely N-dealkylation sites (tertiary alicyclic amines) is 1. The zero-order chi connectivity index (χ0) is 18.4. The standard InChI is InChI=1S/C16H16F3N3O2S/c1-8-3-9(2)13-11(4-8)25-15(20-13)21-14(24)10-5-12(23)22(6-10)7-16(17,18)19/h3-4,10H,5-7H2,1-2H3,(H,20,21,24). The van der Waals surface area contributed by atoms with Crippen LogP contribution < -0.4 is 5.32 Å². The number of alkyl halides is 3. The number of nitrogens with one attached hydrogen (secondary N) is 1. The van der Waals surface area contributed by atoms with Gasteiger partial charge in [-0.25, -0.2) is 4.98 Å². The van der Waals surface area contributed by atoms with Crippen molar-refractivity contribution >= 4 is 38.5 Å². The molecule has 9 heteroatoms. The van der Waals surface area contributed by atoms with Crippen LogP contribution in [0.4, 0.5) is 18.3 Å². The molecule has 2 amide bonds. The van der Waals surface area contributed by atoms with E-state index in [1.165, 1.54) is 11.3 Å². The number of carbonyl (C=O) groups excluding carboxylic acids is 2. The summed E-state index contributed by atoms with van der Waals surface area (Å²) in [5, 5.41) is 3.02. The Balaban J connectivity index is 1.71. The van der Waals surface area contributed by atoms with Crippen LogP contribution in [0.1, 0.15) is 17.5 Å². The largest absolute Gasteiger partial charge is 0.406 e. The number of nitrogens with zero attached hydrogens (tertiary/aromatic N) is 2. The fraction of sp³-hybridized carbons (Fsp3) is 0.438. The van der Waals surface area contributed by atoms with Gasteiger partial charge < -0.3 is 10.2 Å². The van der Waals surface area contributed by atoms with Crippen LogP contribution >= 0.6 is 11.3 Å². The van der Waals surface area contributed by atoms with E-state index in [1.54, 1.807) is 0 Å². The molecule has 1 saturated heterocycles. The van der Waals surface area contributed by atoms with E-state index in [0.717, 1.165) is 21.3 Å². The quantitative estimate of drug-likeness (QED) is 0.901. The number of hydrogen-bond donors (Lipinski definition) is 1. The number of aryl methyl sites for hydroxylation is 2. The second-order valence-electron chi connectivity index (χ2n) is 6.23. The van der Waals surface area contributed by atoms with E-state index < -0.39 is 30.5 Å². The lowest BCUT2D eigenvalue weighted by Crippen LogP contribution is -2.36. The lowest BCUT2D eigenvalue weighted by molar-refractivity contribution is -0.157. The minimum absolute atomic E-state index is 0.217. The summed E-state index contributed by atoms with van der Waals surface area (Å²) in [4.78, 5) is 29.0. The average molecular weight is 371 g/mol. The van der Waals surface area contributed by atoms with Gasteiger partial charge in [0.15, 0.2) is 5.13 Å². The van der Waals surface area contributed by atoms with Gasteiger partial charge in [0, 0.05) is 13.0 Å². The number of carbonyl (C=O) groups is 2. The van der Waals surface area contributed by atoms with E-state index >= 15 is 0 Å². The molecular weight excluding hydrogens is 355 g/mol. The third kappa shape index (κ3) is 3.92. The van der Waals surface area contributed by atoms with Gasteiger partial charge in [0.2, 0.25) is 11.8 Å². The van der Waals surface area contributed by atoms with Crippen LogP contribution in [0.25, 0.3) is 10.2 Å². The maximum absolute atomic E-state index is 12.4. The second kappa shape index (κ2) is 6.29. The van der Waals surface area contributed by atoms with Crippen molar-refractivity contribution < 1.29 is 22.8 Å². The molecule has 0 bridgehead atoms. The zero-order valence-corrected chi connectivity index (χ0v) is 14.4. The van der Waals surface area contributed by atoms with Gasteiger partial charge in [-0.05, 0) is 31.0 Å². The van der Waals surface area contributed by atoms with E-state index in [1.807, 2.05) is 26.0 Å². The van der Waals surface area contributed by atoms with Gasteiger partial charge in [-0.2, -0.15) is 13.2 Å². The first-order chi connectivity index (χ1) is 11.6. The number of rotatable bonds is 3. The molecule has 134 valence electrons. The van der Waals surface area contributed by atoms with Gasteiger partial charge >= 0.3 is 6.18 Å². The molecule has 25 heavy (non-hydrogen) atoms. The molecule has 3 rings (SSSR count). The summed E-state index contributed by atoms with van der Waals surface area (Å²) < 4.78 is 38.3. The Bertz CT molecular complexity index is 847. The normalized spacial score (nSPS) is 18.2. The molecular formula is C16H16F3N3O2S. The Morgan fingerprint density at radius 2 is 2.12 bits per heavy atom. The van der Waals surface area contributed by atoms with Gasteiger partial charge in [-0.1, -0.05) is 17.4 Å². The number of amides is 2. The maximum Gasteiger partial charge on any atom is 0.406 e. The molecule has 0 saturated carbocycles. The third-order valence-electron chi connectivity index (χ3n) is 4.02. The summed E-state index contributed by atoms with van der Waals surface area (Å²) in [7, 11) is 0. The van der Waals surface area contributed by atoms with Crippen LogP contribution in [-0.4, -0.2) is 41.0 Å². The van der Waals surface area contributed by atoms with Gasteiger partial charge in [0.1, 0.15) is 6.54 Å². The van der Waals surface area contributed by atoms with E-state index in [-0.39, 0.29) is 13.0 Å². The molecule has 2 aromatic rings. The van der Waals surface area contributed by atoms with Crippen molar-refractivity contribution in [2.75, 3.05) is 18.4 Å². The molecule has 1 aliphatic heterocycles. The van der Waals surface area contributed by atoms with Crippen LogP contribution in [0.5, 0.6) is 0 Å². The first kappa shape index (κ1) is 17.7. The van der Waals surface area contributed by atoms with Gasteiger partial charge in [0.05, 0.1) is 16.1 Å².